The molecule has 2 heterocycles. The Kier molecular flexibility index (Phi) is 5.24. The predicted octanol–water partition coefficient (Wildman–Crippen LogP) is 4.44. The number of para-hydroxylation sites is 2. The Bertz CT molecular complexity index is 806. The lowest BCUT2D eigenvalue weighted by Crippen LogP contribution is -2.02. The molecule has 1 unspecified atom stereocenters. The summed E-state index contributed by atoms with van der Waals surface area (Å²) in [5.74, 6) is 1.71. The van der Waals surface area contributed by atoms with Crippen LogP contribution >= 0.6 is 0 Å². The summed E-state index contributed by atoms with van der Waals surface area (Å²) >= 11 is 0. The molecule has 0 fully saturated rings. The standard InChI is InChI=1S/C20H26N4/c1-4-8-15(5-2)19-14-24(3)20(23-19)12-11-16-13-21-17-9-6-7-10-18(17)22-16/h6-7,9-10,13-15H,4-5,8,11-12H2,1-3H3. The second-order valence-electron chi connectivity index (χ2n) is 6.44. The predicted molar refractivity (Wildman–Crippen MR) is 98.1 cm³/mol. The quantitative estimate of drug-likeness (QED) is 0.646. The van der Waals surface area contributed by atoms with Crippen molar-refractivity contribution in [3.63, 3.8) is 0 Å². The molecular weight excluding hydrogens is 296 g/mol. The molecule has 0 amide bonds. The molecule has 0 aliphatic rings. The number of imidazole rings is 1. The van der Waals surface area contributed by atoms with Gasteiger partial charge in [0.25, 0.3) is 0 Å². The first-order valence-electron chi connectivity index (χ1n) is 8.94. The summed E-state index contributed by atoms with van der Waals surface area (Å²) in [7, 11) is 2.09. The first-order valence-corrected chi connectivity index (χ1v) is 8.94. The first kappa shape index (κ1) is 16.6. The third-order valence-electron chi connectivity index (χ3n) is 4.64. The molecule has 0 aliphatic carbocycles. The van der Waals surface area contributed by atoms with Crippen molar-refractivity contribution >= 4 is 11.0 Å². The van der Waals surface area contributed by atoms with E-state index in [-0.39, 0.29) is 0 Å². The molecule has 2 aromatic heterocycles. The van der Waals surface area contributed by atoms with E-state index in [2.05, 4.69) is 36.6 Å². The van der Waals surface area contributed by atoms with Crippen LogP contribution in [0.4, 0.5) is 0 Å². The van der Waals surface area contributed by atoms with Crippen molar-refractivity contribution in [1.82, 2.24) is 19.5 Å². The summed E-state index contributed by atoms with van der Waals surface area (Å²) in [6.45, 7) is 4.49. The van der Waals surface area contributed by atoms with Crippen LogP contribution < -0.4 is 0 Å². The SMILES string of the molecule is CCCC(CC)c1cn(C)c(CCc2cnc3ccccc3n2)n1. The smallest absolute Gasteiger partial charge is 0.109 e. The van der Waals surface area contributed by atoms with Gasteiger partial charge in [0, 0.05) is 31.8 Å². The minimum atomic E-state index is 0.579. The fourth-order valence-corrected chi connectivity index (χ4v) is 3.22. The maximum atomic E-state index is 4.89. The number of aromatic nitrogens is 4. The van der Waals surface area contributed by atoms with Crippen LogP contribution in [0.25, 0.3) is 11.0 Å². The molecule has 3 aromatic rings. The molecule has 0 radical (unpaired) electrons. The van der Waals surface area contributed by atoms with Crippen LogP contribution in [0.5, 0.6) is 0 Å². The van der Waals surface area contributed by atoms with Gasteiger partial charge in [-0.2, -0.15) is 0 Å². The number of aryl methyl sites for hydroxylation is 3. The Morgan fingerprint density at radius 3 is 2.58 bits per heavy atom. The van der Waals surface area contributed by atoms with Crippen LogP contribution in [-0.2, 0) is 19.9 Å². The van der Waals surface area contributed by atoms with E-state index in [1.807, 2.05) is 30.5 Å². The molecule has 0 spiro atoms. The van der Waals surface area contributed by atoms with Crippen LogP contribution in [0.1, 0.15) is 56.2 Å². The molecule has 0 saturated heterocycles. The molecule has 1 aromatic carbocycles. The van der Waals surface area contributed by atoms with Crippen LogP contribution in [0.2, 0.25) is 0 Å². The highest BCUT2D eigenvalue weighted by molar-refractivity contribution is 5.73. The maximum Gasteiger partial charge on any atom is 0.109 e. The summed E-state index contributed by atoms with van der Waals surface area (Å²) in [4.78, 5) is 14.1. The van der Waals surface area contributed by atoms with E-state index >= 15 is 0 Å². The van der Waals surface area contributed by atoms with Gasteiger partial charge in [-0.25, -0.2) is 9.97 Å². The molecule has 126 valence electrons. The number of hydrogen-bond acceptors (Lipinski definition) is 3. The fraction of sp³-hybridized carbons (Fsp3) is 0.450. The highest BCUT2D eigenvalue weighted by Crippen LogP contribution is 2.24. The highest BCUT2D eigenvalue weighted by Gasteiger charge is 2.14. The zero-order valence-electron chi connectivity index (χ0n) is 14.9. The normalized spacial score (nSPS) is 12.6. The molecule has 1 atom stereocenters. The van der Waals surface area contributed by atoms with E-state index in [4.69, 9.17) is 9.97 Å². The van der Waals surface area contributed by atoms with Gasteiger partial charge >= 0.3 is 0 Å². The van der Waals surface area contributed by atoms with Crippen molar-refractivity contribution in [2.45, 2.75) is 51.9 Å². The third kappa shape index (κ3) is 3.64. The van der Waals surface area contributed by atoms with E-state index in [1.54, 1.807) is 0 Å². The van der Waals surface area contributed by atoms with Crippen LogP contribution in [0.3, 0.4) is 0 Å². The minimum absolute atomic E-state index is 0.579. The molecule has 3 rings (SSSR count). The molecule has 0 aliphatic heterocycles. The second-order valence-corrected chi connectivity index (χ2v) is 6.44. The van der Waals surface area contributed by atoms with Crippen molar-refractivity contribution in [3.05, 3.63) is 53.9 Å². The lowest BCUT2D eigenvalue weighted by atomic mass is 9.98. The number of benzene rings is 1. The Morgan fingerprint density at radius 2 is 1.83 bits per heavy atom. The van der Waals surface area contributed by atoms with Crippen LogP contribution in [0.15, 0.2) is 36.7 Å². The molecule has 0 bridgehead atoms. The largest absolute Gasteiger partial charge is 0.338 e. The van der Waals surface area contributed by atoms with Gasteiger partial charge in [0.15, 0.2) is 0 Å². The molecule has 24 heavy (non-hydrogen) atoms. The van der Waals surface area contributed by atoms with Crippen molar-refractivity contribution in [3.8, 4) is 0 Å². The molecular formula is C20H26N4. The number of fused-ring (bicyclic) bond motifs is 1. The lowest BCUT2D eigenvalue weighted by molar-refractivity contribution is 0.582. The van der Waals surface area contributed by atoms with Crippen LogP contribution in [0, 0.1) is 0 Å². The van der Waals surface area contributed by atoms with Gasteiger partial charge in [0.2, 0.25) is 0 Å². The monoisotopic (exact) mass is 322 g/mol. The number of nitrogens with zero attached hydrogens (tertiary/aromatic N) is 4. The van der Waals surface area contributed by atoms with Gasteiger partial charge < -0.3 is 4.57 Å². The summed E-state index contributed by atoms with van der Waals surface area (Å²) in [6, 6.07) is 8.01. The minimum Gasteiger partial charge on any atom is -0.338 e. The molecule has 4 heteroatoms. The molecule has 0 saturated carbocycles. The summed E-state index contributed by atoms with van der Waals surface area (Å²) in [5, 5.41) is 0. The second kappa shape index (κ2) is 7.56. The zero-order chi connectivity index (χ0) is 16.9. The van der Waals surface area contributed by atoms with Crippen molar-refractivity contribution in [2.75, 3.05) is 0 Å². The lowest BCUT2D eigenvalue weighted by Gasteiger charge is -2.09. The van der Waals surface area contributed by atoms with E-state index < -0.39 is 0 Å². The average Bonchev–Trinajstić information content (AvgIpc) is 2.98. The van der Waals surface area contributed by atoms with Gasteiger partial charge in [-0.3, -0.25) is 4.98 Å². The van der Waals surface area contributed by atoms with Crippen molar-refractivity contribution < 1.29 is 0 Å². The van der Waals surface area contributed by atoms with E-state index in [9.17, 15) is 0 Å². The number of hydrogen-bond donors (Lipinski definition) is 0. The van der Waals surface area contributed by atoms with E-state index in [0.29, 0.717) is 5.92 Å². The van der Waals surface area contributed by atoms with Gasteiger partial charge in [-0.05, 0) is 31.4 Å². The van der Waals surface area contributed by atoms with Gasteiger partial charge in [-0.1, -0.05) is 32.4 Å². The summed E-state index contributed by atoms with van der Waals surface area (Å²) < 4.78 is 2.17. The highest BCUT2D eigenvalue weighted by atomic mass is 15.0. The van der Waals surface area contributed by atoms with Crippen LogP contribution in [-0.4, -0.2) is 19.5 Å². The van der Waals surface area contributed by atoms with E-state index in [0.717, 1.165) is 41.8 Å². The Morgan fingerprint density at radius 1 is 1.04 bits per heavy atom. The number of rotatable bonds is 7. The molecule has 4 nitrogen and oxygen atoms in total. The van der Waals surface area contributed by atoms with E-state index in [1.165, 1.54) is 18.5 Å². The Labute approximate surface area is 144 Å². The topological polar surface area (TPSA) is 43.6 Å². The third-order valence-corrected chi connectivity index (χ3v) is 4.64. The average molecular weight is 322 g/mol. The van der Waals surface area contributed by atoms with Gasteiger partial charge in [0.1, 0.15) is 5.82 Å². The van der Waals surface area contributed by atoms with Gasteiger partial charge in [0.05, 0.1) is 22.4 Å². The molecule has 0 N–H and O–H groups in total. The zero-order valence-corrected chi connectivity index (χ0v) is 14.9. The Balaban J connectivity index is 1.72. The summed E-state index contributed by atoms with van der Waals surface area (Å²) in [6.07, 6.45) is 9.42. The van der Waals surface area contributed by atoms with Gasteiger partial charge in [-0.15, -0.1) is 0 Å². The maximum absolute atomic E-state index is 4.89. The van der Waals surface area contributed by atoms with Crippen molar-refractivity contribution in [1.29, 1.82) is 0 Å². The summed E-state index contributed by atoms with van der Waals surface area (Å²) in [5.41, 5.74) is 4.18. The first-order chi connectivity index (χ1) is 11.7. The Hall–Kier alpha value is -2.23. The fourth-order valence-electron chi connectivity index (χ4n) is 3.22. The van der Waals surface area contributed by atoms with Crippen molar-refractivity contribution in [2.24, 2.45) is 7.05 Å².